The molecule has 0 saturated heterocycles. The van der Waals surface area contributed by atoms with Gasteiger partial charge in [0.1, 0.15) is 12.7 Å². The summed E-state index contributed by atoms with van der Waals surface area (Å²) in [6.45, 7) is 1.06. The van der Waals surface area contributed by atoms with Crippen LogP contribution in [-0.2, 0) is 0 Å². The lowest BCUT2D eigenvalue weighted by Crippen LogP contribution is -2.32. The van der Waals surface area contributed by atoms with Crippen LogP contribution in [-0.4, -0.2) is 30.9 Å². The molecule has 0 aliphatic carbocycles. The number of benzene rings is 1. The minimum absolute atomic E-state index is 0.0456. The van der Waals surface area contributed by atoms with Crippen LogP contribution in [0, 0.1) is 18.2 Å². The van der Waals surface area contributed by atoms with Crippen LogP contribution in [0.4, 0.5) is 4.39 Å². The molecule has 0 spiro atoms. The van der Waals surface area contributed by atoms with Crippen LogP contribution in [0.3, 0.4) is 0 Å². The molecule has 0 aliphatic rings. The van der Waals surface area contributed by atoms with Crippen LogP contribution in [0.1, 0.15) is 6.42 Å². The smallest absolute Gasteiger partial charge is 0.165 e. The van der Waals surface area contributed by atoms with E-state index in [9.17, 15) is 9.50 Å². The van der Waals surface area contributed by atoms with Crippen molar-refractivity contribution in [3.63, 3.8) is 0 Å². The molecule has 0 saturated carbocycles. The Morgan fingerprint density at radius 2 is 2.24 bits per heavy atom. The second-order valence-electron chi connectivity index (χ2n) is 3.55. The molecule has 0 radical (unpaired) electrons. The van der Waals surface area contributed by atoms with E-state index in [1.807, 2.05) is 0 Å². The van der Waals surface area contributed by atoms with Crippen molar-refractivity contribution in [2.75, 3.05) is 19.7 Å². The van der Waals surface area contributed by atoms with Crippen LogP contribution in [0.15, 0.2) is 24.3 Å². The normalized spacial score (nSPS) is 11.8. The zero-order valence-electron chi connectivity index (χ0n) is 9.53. The third-order valence-electron chi connectivity index (χ3n) is 2.09. The predicted molar refractivity (Wildman–Crippen MR) is 64.2 cm³/mol. The van der Waals surface area contributed by atoms with Crippen LogP contribution in [0.25, 0.3) is 0 Å². The SMILES string of the molecule is C#CCCNCC(O)COc1ccccc1F. The van der Waals surface area contributed by atoms with Crippen molar-refractivity contribution >= 4 is 0 Å². The van der Waals surface area contributed by atoms with Crippen LogP contribution >= 0.6 is 0 Å². The Kier molecular flexibility index (Phi) is 6.08. The second-order valence-corrected chi connectivity index (χ2v) is 3.55. The highest BCUT2D eigenvalue weighted by molar-refractivity contribution is 5.23. The molecule has 0 fully saturated rings. The number of halogens is 1. The van der Waals surface area contributed by atoms with Gasteiger partial charge in [0.2, 0.25) is 0 Å². The summed E-state index contributed by atoms with van der Waals surface area (Å²) in [5.74, 6) is 2.20. The molecule has 92 valence electrons. The Bertz CT molecular complexity index is 376. The summed E-state index contributed by atoms with van der Waals surface area (Å²) in [6.07, 6.45) is 5.00. The van der Waals surface area contributed by atoms with Gasteiger partial charge in [-0.1, -0.05) is 12.1 Å². The number of hydrogen-bond donors (Lipinski definition) is 2. The molecule has 2 N–H and O–H groups in total. The molecule has 0 aliphatic heterocycles. The average molecular weight is 237 g/mol. The topological polar surface area (TPSA) is 41.5 Å². The second kappa shape index (κ2) is 7.66. The summed E-state index contributed by atoms with van der Waals surface area (Å²) in [5.41, 5.74) is 0. The fourth-order valence-corrected chi connectivity index (χ4v) is 1.24. The van der Waals surface area contributed by atoms with E-state index in [-0.39, 0.29) is 12.4 Å². The highest BCUT2D eigenvalue weighted by Gasteiger charge is 2.06. The number of nitrogens with one attached hydrogen (secondary N) is 1. The molecule has 1 atom stereocenters. The first-order valence-electron chi connectivity index (χ1n) is 5.43. The number of ether oxygens (including phenoxy) is 1. The molecule has 0 amide bonds. The third kappa shape index (κ3) is 5.34. The van der Waals surface area contributed by atoms with Crippen molar-refractivity contribution in [3.8, 4) is 18.1 Å². The van der Waals surface area contributed by atoms with Crippen LogP contribution < -0.4 is 10.1 Å². The summed E-state index contributed by atoms with van der Waals surface area (Å²) in [4.78, 5) is 0. The third-order valence-corrected chi connectivity index (χ3v) is 2.09. The molecule has 1 aromatic rings. The number of terminal acetylenes is 1. The van der Waals surface area contributed by atoms with Crippen molar-refractivity contribution in [2.24, 2.45) is 0 Å². The Morgan fingerprint density at radius 3 is 2.94 bits per heavy atom. The Balaban J connectivity index is 2.22. The minimum atomic E-state index is -0.688. The van der Waals surface area contributed by atoms with E-state index < -0.39 is 11.9 Å². The Hall–Kier alpha value is -1.57. The lowest BCUT2D eigenvalue weighted by Gasteiger charge is -2.13. The van der Waals surface area contributed by atoms with Gasteiger partial charge in [0.25, 0.3) is 0 Å². The van der Waals surface area contributed by atoms with Crippen molar-refractivity contribution in [2.45, 2.75) is 12.5 Å². The minimum Gasteiger partial charge on any atom is -0.488 e. The molecule has 1 rings (SSSR count). The quantitative estimate of drug-likeness (QED) is 0.552. The zero-order valence-corrected chi connectivity index (χ0v) is 9.53. The fraction of sp³-hybridized carbons (Fsp3) is 0.385. The van der Waals surface area contributed by atoms with Gasteiger partial charge in [0.15, 0.2) is 11.6 Å². The lowest BCUT2D eigenvalue weighted by molar-refractivity contribution is 0.104. The van der Waals surface area contributed by atoms with Gasteiger partial charge in [-0.05, 0) is 12.1 Å². The summed E-state index contributed by atoms with van der Waals surface area (Å²) in [7, 11) is 0. The lowest BCUT2D eigenvalue weighted by atomic mass is 10.3. The number of rotatable bonds is 7. The first kappa shape index (κ1) is 13.5. The van der Waals surface area contributed by atoms with E-state index in [4.69, 9.17) is 11.2 Å². The largest absolute Gasteiger partial charge is 0.488 e. The maximum absolute atomic E-state index is 13.1. The van der Waals surface area contributed by atoms with Gasteiger partial charge in [-0.15, -0.1) is 12.3 Å². The molecule has 4 heteroatoms. The summed E-state index contributed by atoms with van der Waals surface area (Å²) in [5, 5.41) is 12.5. The van der Waals surface area contributed by atoms with E-state index in [0.29, 0.717) is 19.5 Å². The van der Waals surface area contributed by atoms with Gasteiger partial charge >= 0.3 is 0 Å². The van der Waals surface area contributed by atoms with E-state index in [1.165, 1.54) is 12.1 Å². The summed E-state index contributed by atoms with van der Waals surface area (Å²) in [6, 6.07) is 6.09. The van der Waals surface area contributed by atoms with Crippen LogP contribution in [0.2, 0.25) is 0 Å². The molecule has 3 nitrogen and oxygen atoms in total. The molecule has 1 unspecified atom stereocenters. The van der Waals surface area contributed by atoms with Crippen LogP contribution in [0.5, 0.6) is 5.75 Å². The van der Waals surface area contributed by atoms with Crippen molar-refractivity contribution in [3.05, 3.63) is 30.1 Å². The van der Waals surface area contributed by atoms with E-state index in [0.717, 1.165) is 0 Å². The molecular weight excluding hydrogens is 221 g/mol. The molecule has 0 bridgehead atoms. The highest BCUT2D eigenvalue weighted by atomic mass is 19.1. The predicted octanol–water partition coefficient (Wildman–Crippen LogP) is 1.18. The maximum atomic E-state index is 13.1. The average Bonchev–Trinajstić information content (AvgIpc) is 2.34. The molecular formula is C13H16FNO2. The zero-order chi connectivity index (χ0) is 12.5. The van der Waals surface area contributed by atoms with Gasteiger partial charge in [0, 0.05) is 19.5 Å². The number of para-hydroxylation sites is 1. The van der Waals surface area contributed by atoms with Gasteiger partial charge < -0.3 is 15.2 Å². The van der Waals surface area contributed by atoms with Gasteiger partial charge in [-0.2, -0.15) is 0 Å². The van der Waals surface area contributed by atoms with E-state index in [2.05, 4.69) is 11.2 Å². The van der Waals surface area contributed by atoms with Crippen molar-refractivity contribution in [1.82, 2.24) is 5.32 Å². The van der Waals surface area contributed by atoms with Gasteiger partial charge in [-0.25, -0.2) is 4.39 Å². The van der Waals surface area contributed by atoms with Gasteiger partial charge in [0.05, 0.1) is 0 Å². The molecule has 17 heavy (non-hydrogen) atoms. The van der Waals surface area contributed by atoms with Crippen molar-refractivity contribution in [1.29, 1.82) is 0 Å². The van der Waals surface area contributed by atoms with E-state index in [1.54, 1.807) is 12.1 Å². The Morgan fingerprint density at radius 1 is 1.47 bits per heavy atom. The fourth-order valence-electron chi connectivity index (χ4n) is 1.24. The summed E-state index contributed by atoms with van der Waals surface area (Å²) >= 11 is 0. The maximum Gasteiger partial charge on any atom is 0.165 e. The molecule has 0 aromatic heterocycles. The number of hydrogen-bond acceptors (Lipinski definition) is 3. The van der Waals surface area contributed by atoms with Crippen molar-refractivity contribution < 1.29 is 14.2 Å². The van der Waals surface area contributed by atoms with E-state index >= 15 is 0 Å². The number of aliphatic hydroxyl groups is 1. The monoisotopic (exact) mass is 237 g/mol. The first-order chi connectivity index (χ1) is 8.24. The highest BCUT2D eigenvalue weighted by Crippen LogP contribution is 2.15. The molecule has 1 aromatic carbocycles. The van der Waals surface area contributed by atoms with Gasteiger partial charge in [-0.3, -0.25) is 0 Å². The number of aliphatic hydroxyl groups excluding tert-OH is 1. The summed E-state index contributed by atoms with van der Waals surface area (Å²) < 4.78 is 18.3. The first-order valence-corrected chi connectivity index (χ1v) is 5.43. The Labute approximate surface area is 101 Å². The molecule has 0 heterocycles. The standard InChI is InChI=1S/C13H16FNO2/c1-2-3-8-15-9-11(16)10-17-13-7-5-4-6-12(13)14/h1,4-7,11,15-16H,3,8-10H2.